The van der Waals surface area contributed by atoms with Crippen molar-refractivity contribution in [2.75, 3.05) is 18.1 Å². The van der Waals surface area contributed by atoms with Crippen LogP contribution in [0.25, 0.3) is 0 Å². The van der Waals surface area contributed by atoms with Crippen molar-refractivity contribution in [1.29, 1.82) is 0 Å². The van der Waals surface area contributed by atoms with Gasteiger partial charge in [0.15, 0.2) is 0 Å². The van der Waals surface area contributed by atoms with Crippen molar-refractivity contribution in [2.45, 2.75) is 46.6 Å². The van der Waals surface area contributed by atoms with E-state index in [0.29, 0.717) is 29.4 Å². The van der Waals surface area contributed by atoms with Gasteiger partial charge in [0.05, 0.1) is 12.2 Å². The number of ether oxygens (including phenoxy) is 1. The lowest BCUT2D eigenvalue weighted by Crippen LogP contribution is -2.41. The number of anilines is 1. The summed E-state index contributed by atoms with van der Waals surface area (Å²) in [5, 5.41) is 0.403. The van der Waals surface area contributed by atoms with Gasteiger partial charge in [-0.3, -0.25) is 4.79 Å². The van der Waals surface area contributed by atoms with Gasteiger partial charge in [-0.25, -0.2) is 14.5 Å². The van der Waals surface area contributed by atoms with Crippen LogP contribution in [0.1, 0.15) is 47.5 Å². The predicted molar refractivity (Wildman–Crippen MR) is 91.5 cm³/mol. The van der Waals surface area contributed by atoms with Crippen LogP contribution >= 0.6 is 11.3 Å². The van der Waals surface area contributed by atoms with E-state index in [0.717, 1.165) is 16.9 Å². The summed E-state index contributed by atoms with van der Waals surface area (Å²) in [5.41, 5.74) is 1.11. The monoisotopic (exact) mass is 350 g/mol. The lowest BCUT2D eigenvalue weighted by Gasteiger charge is -2.30. The fourth-order valence-corrected chi connectivity index (χ4v) is 4.52. The van der Waals surface area contributed by atoms with E-state index in [1.54, 1.807) is 11.8 Å². The number of rotatable bonds is 3. The molecular formula is C17H22N2O4S. The van der Waals surface area contributed by atoms with Gasteiger partial charge in [0.25, 0.3) is 5.91 Å². The molecule has 0 radical (unpaired) electrons. The van der Waals surface area contributed by atoms with Crippen LogP contribution in [0.4, 0.5) is 9.80 Å². The van der Waals surface area contributed by atoms with E-state index in [2.05, 4.69) is 6.92 Å². The minimum absolute atomic E-state index is 0.224. The van der Waals surface area contributed by atoms with Crippen LogP contribution in [0.3, 0.4) is 0 Å². The fourth-order valence-electron chi connectivity index (χ4n) is 3.37. The summed E-state index contributed by atoms with van der Waals surface area (Å²) in [6.07, 6.45) is 1.58. The number of carbonyl (C=O) groups excluding carboxylic acids is 3. The van der Waals surface area contributed by atoms with E-state index in [1.807, 2.05) is 13.8 Å². The minimum Gasteiger partial charge on any atom is -0.462 e. The van der Waals surface area contributed by atoms with E-state index in [-0.39, 0.29) is 18.5 Å². The number of amides is 3. The summed E-state index contributed by atoms with van der Waals surface area (Å²) < 4.78 is 5.13. The third-order valence-electron chi connectivity index (χ3n) is 4.86. The summed E-state index contributed by atoms with van der Waals surface area (Å²) >= 11 is 1.30. The van der Waals surface area contributed by atoms with Crippen molar-refractivity contribution in [1.82, 2.24) is 4.90 Å². The van der Waals surface area contributed by atoms with Gasteiger partial charge in [0.2, 0.25) is 0 Å². The van der Waals surface area contributed by atoms with Crippen LogP contribution in [0, 0.1) is 19.8 Å². The molecule has 0 spiro atoms. The van der Waals surface area contributed by atoms with Crippen LogP contribution in [0.5, 0.6) is 0 Å². The van der Waals surface area contributed by atoms with Crippen LogP contribution in [-0.2, 0) is 9.53 Å². The van der Waals surface area contributed by atoms with Crippen molar-refractivity contribution in [3.05, 3.63) is 16.0 Å². The molecule has 2 fully saturated rings. The zero-order valence-electron chi connectivity index (χ0n) is 14.4. The standard InChI is InChI=1S/C17H22N2O4S/c1-5-23-16(21)13-10(3)11(4)24-15(13)19-14(20)12-8-9(2)6-7-18(12)17(19)22/h9,12H,5-8H2,1-4H3/t9-,12+/m1/s1. The number of hydrogen-bond donors (Lipinski definition) is 0. The number of carbonyl (C=O) groups is 3. The highest BCUT2D eigenvalue weighted by Gasteiger charge is 2.49. The van der Waals surface area contributed by atoms with Gasteiger partial charge in [-0.2, -0.15) is 0 Å². The lowest BCUT2D eigenvalue weighted by atomic mass is 9.93. The minimum atomic E-state index is -0.479. The number of nitrogens with zero attached hydrogens (tertiary/aromatic N) is 2. The molecule has 6 nitrogen and oxygen atoms in total. The molecule has 0 unspecified atom stereocenters. The Kier molecular flexibility index (Phi) is 4.38. The quantitative estimate of drug-likeness (QED) is 0.620. The molecular weight excluding hydrogens is 328 g/mol. The highest BCUT2D eigenvalue weighted by atomic mass is 32.1. The number of urea groups is 1. The van der Waals surface area contributed by atoms with E-state index in [4.69, 9.17) is 4.74 Å². The largest absolute Gasteiger partial charge is 0.462 e. The van der Waals surface area contributed by atoms with E-state index >= 15 is 0 Å². The van der Waals surface area contributed by atoms with E-state index in [9.17, 15) is 14.4 Å². The van der Waals surface area contributed by atoms with Crippen LogP contribution in [0.15, 0.2) is 0 Å². The molecule has 7 heteroatoms. The van der Waals surface area contributed by atoms with Gasteiger partial charge in [-0.15, -0.1) is 11.3 Å². The average Bonchev–Trinajstić information content (AvgIpc) is 2.94. The van der Waals surface area contributed by atoms with Gasteiger partial charge in [0, 0.05) is 11.4 Å². The molecule has 3 heterocycles. The summed E-state index contributed by atoms with van der Waals surface area (Å²) in [6.45, 7) is 8.38. The molecule has 0 saturated carbocycles. The number of hydrogen-bond acceptors (Lipinski definition) is 5. The second-order valence-corrected chi connectivity index (χ2v) is 7.68. The first kappa shape index (κ1) is 17.0. The van der Waals surface area contributed by atoms with Crippen molar-refractivity contribution in [3.8, 4) is 0 Å². The average molecular weight is 350 g/mol. The zero-order valence-corrected chi connectivity index (χ0v) is 15.2. The fraction of sp³-hybridized carbons (Fsp3) is 0.588. The first-order valence-corrected chi connectivity index (χ1v) is 9.10. The van der Waals surface area contributed by atoms with Gasteiger partial charge >= 0.3 is 12.0 Å². The Balaban J connectivity index is 2.03. The Labute approximate surface area is 145 Å². The molecule has 0 N–H and O–H groups in total. The zero-order chi connectivity index (χ0) is 17.6. The SMILES string of the molecule is CCOC(=O)c1c(N2C(=O)[C@@H]3C[C@H](C)CCN3C2=O)sc(C)c1C. The molecule has 24 heavy (non-hydrogen) atoms. The third kappa shape index (κ3) is 2.51. The van der Waals surface area contributed by atoms with Crippen LogP contribution < -0.4 is 4.90 Å². The highest BCUT2D eigenvalue weighted by molar-refractivity contribution is 7.17. The van der Waals surface area contributed by atoms with Crippen LogP contribution in [-0.4, -0.2) is 42.0 Å². The normalized spacial score (nSPS) is 23.7. The molecule has 3 rings (SSSR count). The summed E-state index contributed by atoms with van der Waals surface area (Å²) in [5.74, 6) is -0.286. The first-order valence-electron chi connectivity index (χ1n) is 8.28. The van der Waals surface area contributed by atoms with E-state index in [1.165, 1.54) is 16.2 Å². The molecule has 1 aromatic heterocycles. The Morgan fingerprint density at radius 1 is 1.33 bits per heavy atom. The molecule has 3 amide bonds. The molecule has 1 aromatic rings. The Bertz CT molecular complexity index is 712. The first-order chi connectivity index (χ1) is 11.4. The maximum Gasteiger partial charge on any atom is 0.341 e. The Hall–Kier alpha value is -1.89. The van der Waals surface area contributed by atoms with Crippen molar-refractivity contribution < 1.29 is 19.1 Å². The van der Waals surface area contributed by atoms with Gasteiger partial charge < -0.3 is 9.64 Å². The molecule has 2 aliphatic rings. The number of fused-ring (bicyclic) bond motifs is 1. The third-order valence-corrected chi connectivity index (χ3v) is 6.05. The number of imide groups is 1. The van der Waals surface area contributed by atoms with Gasteiger partial charge in [-0.1, -0.05) is 6.92 Å². The summed E-state index contributed by atoms with van der Waals surface area (Å²) in [7, 11) is 0. The Morgan fingerprint density at radius 2 is 2.04 bits per heavy atom. The molecule has 0 aliphatic carbocycles. The number of piperidine rings is 1. The number of aryl methyl sites for hydroxylation is 1. The number of esters is 1. The second kappa shape index (κ2) is 6.20. The van der Waals surface area contributed by atoms with E-state index < -0.39 is 12.0 Å². The second-order valence-electron chi connectivity index (χ2n) is 6.48. The Morgan fingerprint density at radius 3 is 2.71 bits per heavy atom. The van der Waals surface area contributed by atoms with Gasteiger partial charge in [-0.05, 0) is 45.1 Å². The molecule has 2 saturated heterocycles. The lowest BCUT2D eigenvalue weighted by molar-refractivity contribution is -0.120. The molecule has 2 aliphatic heterocycles. The smallest absolute Gasteiger partial charge is 0.341 e. The summed E-state index contributed by atoms with van der Waals surface area (Å²) in [4.78, 5) is 41.8. The molecule has 130 valence electrons. The summed E-state index contributed by atoms with van der Waals surface area (Å²) in [6, 6.07) is -0.720. The number of thiophene rings is 1. The topological polar surface area (TPSA) is 66.9 Å². The van der Waals surface area contributed by atoms with Crippen molar-refractivity contribution in [2.24, 2.45) is 5.92 Å². The molecule has 0 bridgehead atoms. The predicted octanol–water partition coefficient (Wildman–Crippen LogP) is 3.11. The molecule has 0 aromatic carbocycles. The van der Waals surface area contributed by atoms with Gasteiger partial charge in [0.1, 0.15) is 11.0 Å². The van der Waals surface area contributed by atoms with Crippen molar-refractivity contribution >= 4 is 34.2 Å². The maximum atomic E-state index is 12.9. The van der Waals surface area contributed by atoms with Crippen molar-refractivity contribution in [3.63, 3.8) is 0 Å². The molecule has 2 atom stereocenters. The highest BCUT2D eigenvalue weighted by Crippen LogP contribution is 2.40. The maximum absolute atomic E-state index is 12.9. The van der Waals surface area contributed by atoms with Crippen LogP contribution in [0.2, 0.25) is 0 Å².